The van der Waals surface area contributed by atoms with Crippen LogP contribution in [0.15, 0.2) is 0 Å². The number of rotatable bonds is 2. The summed E-state index contributed by atoms with van der Waals surface area (Å²) in [6, 6.07) is 0.557. The van der Waals surface area contributed by atoms with Crippen LogP contribution in [0.2, 0.25) is 0 Å². The summed E-state index contributed by atoms with van der Waals surface area (Å²) in [6.45, 7) is 1.57. The quantitative estimate of drug-likeness (QED) is 0.770. The summed E-state index contributed by atoms with van der Waals surface area (Å²) in [5.74, 6) is 1.19. The Morgan fingerprint density at radius 3 is 2.56 bits per heavy atom. The highest BCUT2D eigenvalue weighted by molar-refractivity contribution is 5.84. The molecule has 3 rings (SSSR count). The van der Waals surface area contributed by atoms with Gasteiger partial charge in [0.2, 0.25) is 5.91 Å². The van der Waals surface area contributed by atoms with Crippen LogP contribution in [0.5, 0.6) is 0 Å². The van der Waals surface area contributed by atoms with Gasteiger partial charge in [0, 0.05) is 19.1 Å². The van der Waals surface area contributed by atoms with Crippen molar-refractivity contribution in [2.75, 3.05) is 13.1 Å². The van der Waals surface area contributed by atoms with Crippen molar-refractivity contribution in [3.8, 4) is 0 Å². The predicted octanol–water partition coefficient (Wildman–Crippen LogP) is 1.52. The summed E-state index contributed by atoms with van der Waals surface area (Å²) in [5.41, 5.74) is 5.71. The normalized spacial score (nSPS) is 35.9. The van der Waals surface area contributed by atoms with Crippen LogP contribution >= 0.6 is 0 Å². The number of nitrogens with two attached hydrogens (primary N) is 1. The predicted molar refractivity (Wildman–Crippen MR) is 62.8 cm³/mol. The molecule has 90 valence electrons. The third-order valence-electron chi connectivity index (χ3n) is 5.08. The lowest BCUT2D eigenvalue weighted by Gasteiger charge is -2.36. The van der Waals surface area contributed by atoms with Crippen LogP contribution in [0.25, 0.3) is 0 Å². The lowest BCUT2D eigenvalue weighted by Crippen LogP contribution is -2.49. The Morgan fingerprint density at radius 2 is 2.06 bits per heavy atom. The van der Waals surface area contributed by atoms with Gasteiger partial charge in [0.15, 0.2) is 0 Å². The SMILES string of the molecule is NCC1(C(=O)N2CC3CCC2C3)CCCC1. The zero-order valence-electron chi connectivity index (χ0n) is 9.95. The molecule has 2 bridgehead atoms. The first-order valence-corrected chi connectivity index (χ1v) is 6.76. The first kappa shape index (κ1) is 10.6. The van der Waals surface area contributed by atoms with Gasteiger partial charge in [0.1, 0.15) is 0 Å². The fraction of sp³-hybridized carbons (Fsp3) is 0.923. The molecule has 0 aromatic heterocycles. The highest BCUT2D eigenvalue weighted by Crippen LogP contribution is 2.44. The van der Waals surface area contributed by atoms with Gasteiger partial charge in [-0.25, -0.2) is 0 Å². The van der Waals surface area contributed by atoms with Crippen molar-refractivity contribution in [3.63, 3.8) is 0 Å². The van der Waals surface area contributed by atoms with Gasteiger partial charge in [-0.05, 0) is 38.0 Å². The molecule has 2 N–H and O–H groups in total. The maximum Gasteiger partial charge on any atom is 0.230 e. The van der Waals surface area contributed by atoms with Gasteiger partial charge in [0.25, 0.3) is 0 Å². The third-order valence-corrected chi connectivity index (χ3v) is 5.08. The van der Waals surface area contributed by atoms with E-state index in [1.54, 1.807) is 0 Å². The van der Waals surface area contributed by atoms with E-state index in [0.717, 1.165) is 25.3 Å². The second kappa shape index (κ2) is 3.73. The molecule has 3 nitrogen and oxygen atoms in total. The Hall–Kier alpha value is -0.570. The monoisotopic (exact) mass is 222 g/mol. The maximum absolute atomic E-state index is 12.6. The van der Waals surface area contributed by atoms with E-state index in [2.05, 4.69) is 4.90 Å². The highest BCUT2D eigenvalue weighted by Gasteiger charge is 2.48. The number of fused-ring (bicyclic) bond motifs is 2. The van der Waals surface area contributed by atoms with E-state index in [-0.39, 0.29) is 5.41 Å². The Balaban J connectivity index is 1.77. The van der Waals surface area contributed by atoms with E-state index in [4.69, 9.17) is 5.73 Å². The van der Waals surface area contributed by atoms with Crippen molar-refractivity contribution in [1.29, 1.82) is 0 Å². The van der Waals surface area contributed by atoms with Crippen molar-refractivity contribution in [2.45, 2.75) is 51.0 Å². The molecule has 1 aliphatic heterocycles. The number of carbonyl (C=O) groups excluding carboxylic acids is 1. The number of hydrogen-bond donors (Lipinski definition) is 1. The smallest absolute Gasteiger partial charge is 0.230 e. The minimum absolute atomic E-state index is 0.176. The second-order valence-corrected chi connectivity index (χ2v) is 5.98. The third kappa shape index (κ3) is 1.41. The second-order valence-electron chi connectivity index (χ2n) is 5.98. The summed E-state index contributed by atoms with van der Waals surface area (Å²) < 4.78 is 0. The fourth-order valence-corrected chi connectivity index (χ4v) is 4.04. The van der Waals surface area contributed by atoms with Gasteiger partial charge in [-0.1, -0.05) is 12.8 Å². The Kier molecular flexibility index (Phi) is 2.46. The molecular formula is C13H22N2O. The Bertz CT molecular complexity index is 296. The number of piperidine rings is 1. The summed E-state index contributed by atoms with van der Waals surface area (Å²) in [7, 11) is 0. The van der Waals surface area contributed by atoms with Gasteiger partial charge in [0.05, 0.1) is 5.41 Å². The molecule has 2 unspecified atom stereocenters. The lowest BCUT2D eigenvalue weighted by molar-refractivity contribution is -0.143. The first-order valence-electron chi connectivity index (χ1n) is 6.76. The molecule has 1 saturated heterocycles. The summed E-state index contributed by atoms with van der Waals surface area (Å²) >= 11 is 0. The number of likely N-dealkylation sites (tertiary alicyclic amines) is 1. The molecule has 0 aromatic carbocycles. The summed E-state index contributed by atoms with van der Waals surface area (Å²) in [4.78, 5) is 14.8. The van der Waals surface area contributed by atoms with E-state index in [0.29, 0.717) is 18.5 Å². The van der Waals surface area contributed by atoms with E-state index < -0.39 is 0 Å². The van der Waals surface area contributed by atoms with Gasteiger partial charge in [-0.3, -0.25) is 4.79 Å². The summed E-state index contributed by atoms with van der Waals surface area (Å²) in [6.07, 6.45) is 8.25. The van der Waals surface area contributed by atoms with Crippen LogP contribution in [0, 0.1) is 11.3 Å². The molecule has 2 atom stereocenters. The summed E-state index contributed by atoms with van der Waals surface area (Å²) in [5, 5.41) is 0. The topological polar surface area (TPSA) is 46.3 Å². The molecule has 0 spiro atoms. The van der Waals surface area contributed by atoms with Crippen LogP contribution < -0.4 is 5.73 Å². The highest BCUT2D eigenvalue weighted by atomic mass is 16.2. The van der Waals surface area contributed by atoms with E-state index in [1.807, 2.05) is 0 Å². The molecule has 3 aliphatic rings. The molecule has 2 aliphatic carbocycles. The zero-order valence-corrected chi connectivity index (χ0v) is 9.95. The molecule has 3 fully saturated rings. The first-order chi connectivity index (χ1) is 7.75. The number of hydrogen-bond acceptors (Lipinski definition) is 2. The number of nitrogens with zero attached hydrogens (tertiary/aromatic N) is 1. The molecule has 0 aromatic rings. The van der Waals surface area contributed by atoms with Crippen LogP contribution in [0.1, 0.15) is 44.9 Å². The van der Waals surface area contributed by atoms with Gasteiger partial charge in [-0.2, -0.15) is 0 Å². The van der Waals surface area contributed by atoms with Crippen LogP contribution in [-0.4, -0.2) is 29.9 Å². The molecule has 1 amide bonds. The zero-order chi connectivity index (χ0) is 11.2. The average molecular weight is 222 g/mol. The van der Waals surface area contributed by atoms with Crippen LogP contribution in [0.4, 0.5) is 0 Å². The van der Waals surface area contributed by atoms with Gasteiger partial charge >= 0.3 is 0 Å². The van der Waals surface area contributed by atoms with E-state index in [1.165, 1.54) is 32.1 Å². The standard InChI is InChI=1S/C13H22N2O/c14-9-13(5-1-2-6-13)12(16)15-8-10-3-4-11(15)7-10/h10-11H,1-9,14H2. The number of amides is 1. The van der Waals surface area contributed by atoms with Crippen molar-refractivity contribution in [2.24, 2.45) is 17.1 Å². The molecule has 3 heteroatoms. The van der Waals surface area contributed by atoms with Crippen LogP contribution in [0.3, 0.4) is 0 Å². The molecule has 2 saturated carbocycles. The van der Waals surface area contributed by atoms with E-state index in [9.17, 15) is 4.79 Å². The molecule has 1 heterocycles. The van der Waals surface area contributed by atoms with Gasteiger partial charge < -0.3 is 10.6 Å². The molecule has 16 heavy (non-hydrogen) atoms. The maximum atomic E-state index is 12.6. The Morgan fingerprint density at radius 1 is 1.31 bits per heavy atom. The largest absolute Gasteiger partial charge is 0.339 e. The molecule has 0 radical (unpaired) electrons. The number of carbonyl (C=O) groups is 1. The lowest BCUT2D eigenvalue weighted by atomic mass is 9.84. The van der Waals surface area contributed by atoms with Gasteiger partial charge in [-0.15, -0.1) is 0 Å². The average Bonchev–Trinajstić information content (AvgIpc) is 3.03. The minimum Gasteiger partial charge on any atom is -0.339 e. The minimum atomic E-state index is -0.176. The van der Waals surface area contributed by atoms with Crippen LogP contribution in [-0.2, 0) is 4.79 Å². The fourth-order valence-electron chi connectivity index (χ4n) is 4.04. The Labute approximate surface area is 97.4 Å². The van der Waals surface area contributed by atoms with Crippen molar-refractivity contribution < 1.29 is 4.79 Å². The van der Waals surface area contributed by atoms with Crippen molar-refractivity contribution >= 4 is 5.91 Å². The van der Waals surface area contributed by atoms with Crippen molar-refractivity contribution in [3.05, 3.63) is 0 Å². The van der Waals surface area contributed by atoms with Crippen molar-refractivity contribution in [1.82, 2.24) is 4.90 Å². The molecular weight excluding hydrogens is 200 g/mol. The van der Waals surface area contributed by atoms with E-state index >= 15 is 0 Å².